The third-order valence-electron chi connectivity index (χ3n) is 3.02. The maximum atomic E-state index is 11.9. The number of amides is 2. The Morgan fingerprint density at radius 2 is 1.76 bits per heavy atom. The number of ether oxygens (including phenoxy) is 1. The molecule has 0 saturated heterocycles. The lowest BCUT2D eigenvalue weighted by Gasteiger charge is -2.12. The van der Waals surface area contributed by atoms with Crippen LogP contribution in [0, 0.1) is 0 Å². The zero-order chi connectivity index (χ0) is 14.9. The minimum absolute atomic E-state index is 0.220. The summed E-state index contributed by atoms with van der Waals surface area (Å²) in [6.45, 7) is 3.59. The minimum atomic E-state index is -0.220. The highest BCUT2D eigenvalue weighted by Crippen LogP contribution is 2.15. The Bertz CT molecular complexity index is 570. The lowest BCUT2D eigenvalue weighted by Crippen LogP contribution is -2.28. The molecule has 0 atom stereocenters. The van der Waals surface area contributed by atoms with Crippen molar-refractivity contribution in [2.75, 3.05) is 11.9 Å². The van der Waals surface area contributed by atoms with Crippen LogP contribution < -0.4 is 10.6 Å². The van der Waals surface area contributed by atoms with E-state index in [1.165, 1.54) is 0 Å². The molecule has 0 aromatic heterocycles. The number of carbonyl (C=O) groups excluding carboxylic acids is 1. The van der Waals surface area contributed by atoms with Crippen molar-refractivity contribution < 1.29 is 9.53 Å². The van der Waals surface area contributed by atoms with Gasteiger partial charge in [-0.15, -0.1) is 0 Å². The maximum absolute atomic E-state index is 11.9. The molecule has 110 valence electrons. The highest BCUT2D eigenvalue weighted by molar-refractivity contribution is 5.90. The van der Waals surface area contributed by atoms with Crippen molar-refractivity contribution in [3.05, 3.63) is 65.7 Å². The van der Waals surface area contributed by atoms with E-state index in [2.05, 4.69) is 10.6 Å². The molecule has 0 aliphatic carbocycles. The van der Waals surface area contributed by atoms with Crippen LogP contribution >= 0.6 is 0 Å². The second-order valence-corrected chi connectivity index (χ2v) is 4.59. The Morgan fingerprint density at radius 3 is 2.52 bits per heavy atom. The van der Waals surface area contributed by atoms with Gasteiger partial charge in [-0.1, -0.05) is 48.5 Å². The molecule has 0 saturated carbocycles. The van der Waals surface area contributed by atoms with Gasteiger partial charge in [0.2, 0.25) is 0 Å². The van der Waals surface area contributed by atoms with Crippen molar-refractivity contribution in [2.24, 2.45) is 0 Å². The molecule has 4 nitrogen and oxygen atoms in total. The van der Waals surface area contributed by atoms with Gasteiger partial charge in [-0.3, -0.25) is 0 Å². The fraction of sp³-hybridized carbons (Fsp3) is 0.235. The number of urea groups is 1. The summed E-state index contributed by atoms with van der Waals surface area (Å²) in [5.74, 6) is 0. The summed E-state index contributed by atoms with van der Waals surface area (Å²) in [7, 11) is 0. The summed E-state index contributed by atoms with van der Waals surface area (Å²) in [6.07, 6.45) is 0. The zero-order valence-corrected chi connectivity index (χ0v) is 12.1. The van der Waals surface area contributed by atoms with Crippen LogP contribution in [0.25, 0.3) is 0 Å². The Balaban J connectivity index is 1.90. The van der Waals surface area contributed by atoms with E-state index in [9.17, 15) is 4.79 Å². The largest absolute Gasteiger partial charge is 0.377 e. The smallest absolute Gasteiger partial charge is 0.319 e. The molecule has 0 aliphatic rings. The van der Waals surface area contributed by atoms with Crippen LogP contribution in [0.5, 0.6) is 0 Å². The summed E-state index contributed by atoms with van der Waals surface area (Å²) in [6, 6.07) is 17.2. The molecule has 0 fully saturated rings. The molecule has 0 aliphatic heterocycles. The second-order valence-electron chi connectivity index (χ2n) is 4.59. The molecule has 21 heavy (non-hydrogen) atoms. The molecule has 2 N–H and O–H groups in total. The molecule has 0 unspecified atom stereocenters. The number of hydrogen-bond acceptors (Lipinski definition) is 2. The standard InChI is InChI=1S/C17H20N2O2/c1-2-21-13-15-10-6-7-11-16(15)19-17(20)18-12-14-8-4-3-5-9-14/h3-11H,2,12-13H2,1H3,(H2,18,19,20). The van der Waals surface area contributed by atoms with Crippen LogP contribution in [0.1, 0.15) is 18.1 Å². The zero-order valence-electron chi connectivity index (χ0n) is 12.1. The van der Waals surface area contributed by atoms with Crippen LogP contribution in [-0.4, -0.2) is 12.6 Å². The first-order valence-electron chi connectivity index (χ1n) is 7.04. The normalized spacial score (nSPS) is 10.1. The van der Waals surface area contributed by atoms with E-state index in [-0.39, 0.29) is 6.03 Å². The predicted molar refractivity (Wildman–Crippen MR) is 84.1 cm³/mol. The third kappa shape index (κ3) is 4.93. The summed E-state index contributed by atoms with van der Waals surface area (Å²) in [4.78, 5) is 11.9. The lowest BCUT2D eigenvalue weighted by molar-refractivity contribution is 0.134. The van der Waals surface area contributed by atoms with Crippen LogP contribution in [0.4, 0.5) is 10.5 Å². The number of anilines is 1. The van der Waals surface area contributed by atoms with Crippen molar-refractivity contribution in [3.63, 3.8) is 0 Å². The van der Waals surface area contributed by atoms with Crippen molar-refractivity contribution in [2.45, 2.75) is 20.1 Å². The first kappa shape index (κ1) is 15.1. The SMILES string of the molecule is CCOCc1ccccc1NC(=O)NCc1ccccc1. The molecule has 0 bridgehead atoms. The predicted octanol–water partition coefficient (Wildman–Crippen LogP) is 3.54. The molecule has 2 rings (SSSR count). The molecule has 2 aromatic rings. The number of hydrogen-bond donors (Lipinski definition) is 2. The van der Waals surface area contributed by atoms with E-state index in [0.29, 0.717) is 19.8 Å². The van der Waals surface area contributed by atoms with E-state index in [1.54, 1.807) is 0 Å². The molecule has 2 aromatic carbocycles. The molecule has 2 amide bonds. The van der Waals surface area contributed by atoms with Gasteiger partial charge in [0.25, 0.3) is 0 Å². The highest BCUT2D eigenvalue weighted by atomic mass is 16.5. The molecule has 4 heteroatoms. The van der Waals surface area contributed by atoms with E-state index in [0.717, 1.165) is 16.8 Å². The van der Waals surface area contributed by atoms with E-state index in [1.807, 2.05) is 61.5 Å². The van der Waals surface area contributed by atoms with E-state index < -0.39 is 0 Å². The third-order valence-corrected chi connectivity index (χ3v) is 3.02. The van der Waals surface area contributed by atoms with Crippen molar-refractivity contribution in [3.8, 4) is 0 Å². The highest BCUT2D eigenvalue weighted by Gasteiger charge is 2.06. The fourth-order valence-electron chi connectivity index (χ4n) is 1.92. The van der Waals surface area contributed by atoms with Gasteiger partial charge >= 0.3 is 6.03 Å². The van der Waals surface area contributed by atoms with Crippen LogP contribution in [0.15, 0.2) is 54.6 Å². The number of benzene rings is 2. The summed E-state index contributed by atoms with van der Waals surface area (Å²) < 4.78 is 5.40. The number of para-hydroxylation sites is 1. The summed E-state index contributed by atoms with van der Waals surface area (Å²) in [5.41, 5.74) is 2.81. The van der Waals surface area contributed by atoms with Gasteiger partial charge in [0.05, 0.1) is 6.61 Å². The topological polar surface area (TPSA) is 50.4 Å². The average Bonchev–Trinajstić information content (AvgIpc) is 2.53. The first-order chi connectivity index (χ1) is 10.3. The van der Waals surface area contributed by atoms with Gasteiger partial charge in [0, 0.05) is 24.4 Å². The van der Waals surface area contributed by atoms with Crippen molar-refractivity contribution in [1.29, 1.82) is 0 Å². The van der Waals surface area contributed by atoms with Gasteiger partial charge in [-0.2, -0.15) is 0 Å². The second kappa shape index (κ2) is 8.07. The Hall–Kier alpha value is -2.33. The molecule has 0 heterocycles. The first-order valence-corrected chi connectivity index (χ1v) is 7.04. The van der Waals surface area contributed by atoms with Gasteiger partial charge in [0.1, 0.15) is 0 Å². The van der Waals surface area contributed by atoms with Crippen LogP contribution in [0.2, 0.25) is 0 Å². The van der Waals surface area contributed by atoms with E-state index >= 15 is 0 Å². The maximum Gasteiger partial charge on any atom is 0.319 e. The Morgan fingerprint density at radius 1 is 1.05 bits per heavy atom. The fourth-order valence-corrected chi connectivity index (χ4v) is 1.92. The van der Waals surface area contributed by atoms with Crippen LogP contribution in [-0.2, 0) is 17.9 Å². The lowest BCUT2D eigenvalue weighted by atomic mass is 10.2. The Labute approximate surface area is 125 Å². The summed E-state index contributed by atoms with van der Waals surface area (Å²) in [5, 5.41) is 5.70. The number of nitrogens with one attached hydrogen (secondary N) is 2. The number of carbonyl (C=O) groups is 1. The number of rotatable bonds is 6. The van der Waals surface area contributed by atoms with Gasteiger partial charge in [-0.05, 0) is 18.6 Å². The van der Waals surface area contributed by atoms with Crippen molar-refractivity contribution >= 4 is 11.7 Å². The monoisotopic (exact) mass is 284 g/mol. The van der Waals surface area contributed by atoms with Gasteiger partial charge in [0.15, 0.2) is 0 Å². The van der Waals surface area contributed by atoms with Crippen LogP contribution in [0.3, 0.4) is 0 Å². The van der Waals surface area contributed by atoms with Gasteiger partial charge in [-0.25, -0.2) is 4.79 Å². The quantitative estimate of drug-likeness (QED) is 0.852. The Kier molecular flexibility index (Phi) is 5.79. The summed E-state index contributed by atoms with van der Waals surface area (Å²) >= 11 is 0. The van der Waals surface area contributed by atoms with Gasteiger partial charge < -0.3 is 15.4 Å². The van der Waals surface area contributed by atoms with E-state index in [4.69, 9.17) is 4.74 Å². The average molecular weight is 284 g/mol. The molecular weight excluding hydrogens is 264 g/mol. The van der Waals surface area contributed by atoms with Crippen molar-refractivity contribution in [1.82, 2.24) is 5.32 Å². The molecule has 0 spiro atoms. The molecular formula is C17H20N2O2. The molecule has 0 radical (unpaired) electrons. The minimum Gasteiger partial charge on any atom is -0.377 e.